The zero-order valence-electron chi connectivity index (χ0n) is 8.27. The average Bonchev–Trinajstić information content (AvgIpc) is 2.71. The van der Waals surface area contributed by atoms with Crippen molar-refractivity contribution in [3.63, 3.8) is 0 Å². The fourth-order valence-electron chi connectivity index (χ4n) is 1.26. The maximum Gasteiger partial charge on any atom is 0.0822 e. The molecule has 2 aromatic rings. The molecular weight excluding hydrogens is 192 g/mol. The Hall–Kier alpha value is -1.35. The van der Waals surface area contributed by atoms with Gasteiger partial charge in [0, 0.05) is 26.0 Å². The van der Waals surface area contributed by atoms with Crippen LogP contribution in [0.2, 0.25) is 0 Å². The molecule has 0 aliphatic carbocycles. The molecule has 72 valence electrons. The van der Waals surface area contributed by atoms with Crippen LogP contribution in [-0.2, 0) is 0 Å². The lowest BCUT2D eigenvalue weighted by Gasteiger charge is -2.12. The number of anilines is 1. The van der Waals surface area contributed by atoms with Crippen molar-refractivity contribution in [3.05, 3.63) is 35.8 Å². The lowest BCUT2D eigenvalue weighted by molar-refractivity contribution is 1.12. The normalized spacial score (nSPS) is 10.1. The largest absolute Gasteiger partial charge is 0.378 e. The van der Waals surface area contributed by atoms with E-state index in [9.17, 15) is 0 Å². The molecule has 0 bridgehead atoms. The van der Waals surface area contributed by atoms with Gasteiger partial charge in [-0.3, -0.25) is 4.98 Å². The first-order chi connectivity index (χ1) is 6.77. The average molecular weight is 204 g/mol. The number of pyridine rings is 1. The Morgan fingerprint density at radius 1 is 1.29 bits per heavy atom. The predicted molar refractivity (Wildman–Crippen MR) is 61.9 cm³/mol. The predicted octanol–water partition coefficient (Wildman–Crippen LogP) is 2.88. The van der Waals surface area contributed by atoms with Crippen molar-refractivity contribution in [1.29, 1.82) is 0 Å². The number of aromatic nitrogens is 1. The Bertz CT molecular complexity index is 407. The van der Waals surface area contributed by atoms with Crippen molar-refractivity contribution in [1.82, 2.24) is 4.98 Å². The van der Waals surface area contributed by atoms with E-state index in [2.05, 4.69) is 27.4 Å². The smallest absolute Gasteiger partial charge is 0.0822 e. The van der Waals surface area contributed by atoms with Crippen LogP contribution < -0.4 is 4.90 Å². The number of hydrogen-bond donors (Lipinski definition) is 0. The summed E-state index contributed by atoms with van der Waals surface area (Å²) < 4.78 is 0. The highest BCUT2D eigenvalue weighted by Gasteiger charge is 2.01. The maximum absolute atomic E-state index is 4.35. The van der Waals surface area contributed by atoms with E-state index in [-0.39, 0.29) is 0 Å². The molecular formula is C11H12N2S. The minimum Gasteiger partial charge on any atom is -0.378 e. The minimum absolute atomic E-state index is 1.05. The van der Waals surface area contributed by atoms with Gasteiger partial charge in [-0.25, -0.2) is 0 Å². The van der Waals surface area contributed by atoms with Crippen molar-refractivity contribution in [2.45, 2.75) is 0 Å². The molecule has 3 heteroatoms. The van der Waals surface area contributed by atoms with Crippen LogP contribution >= 0.6 is 11.3 Å². The van der Waals surface area contributed by atoms with Gasteiger partial charge < -0.3 is 4.90 Å². The fraction of sp³-hybridized carbons (Fsp3) is 0.182. The summed E-state index contributed by atoms with van der Waals surface area (Å²) in [7, 11) is 4.07. The minimum atomic E-state index is 1.05. The van der Waals surface area contributed by atoms with Crippen molar-refractivity contribution >= 4 is 17.0 Å². The second-order valence-corrected chi connectivity index (χ2v) is 4.22. The van der Waals surface area contributed by atoms with Crippen molar-refractivity contribution in [2.24, 2.45) is 0 Å². The number of nitrogens with zero attached hydrogens (tertiary/aromatic N) is 2. The van der Waals surface area contributed by atoms with Gasteiger partial charge in [-0.05, 0) is 23.6 Å². The summed E-state index contributed by atoms with van der Waals surface area (Å²) >= 11 is 1.72. The standard InChI is InChI=1S/C11H12N2S/c1-13(2)9-5-6-12-10(8-9)11-4-3-7-14-11/h3-8H,1-2H3. The summed E-state index contributed by atoms with van der Waals surface area (Å²) in [6.07, 6.45) is 1.85. The van der Waals surface area contributed by atoms with E-state index < -0.39 is 0 Å². The summed E-state index contributed by atoms with van der Waals surface area (Å²) in [6.45, 7) is 0. The van der Waals surface area contributed by atoms with Crippen LogP contribution in [0.3, 0.4) is 0 Å². The zero-order valence-corrected chi connectivity index (χ0v) is 9.08. The maximum atomic E-state index is 4.35. The molecule has 0 N–H and O–H groups in total. The molecule has 0 unspecified atom stereocenters. The van der Waals surface area contributed by atoms with E-state index in [1.807, 2.05) is 32.4 Å². The summed E-state index contributed by atoms with van der Waals surface area (Å²) in [4.78, 5) is 7.65. The molecule has 0 atom stereocenters. The van der Waals surface area contributed by atoms with Gasteiger partial charge in [0.25, 0.3) is 0 Å². The van der Waals surface area contributed by atoms with Crippen molar-refractivity contribution in [2.75, 3.05) is 19.0 Å². The molecule has 0 saturated carbocycles. The lowest BCUT2D eigenvalue weighted by Crippen LogP contribution is -2.08. The van der Waals surface area contributed by atoms with Crippen molar-refractivity contribution < 1.29 is 0 Å². The molecule has 0 radical (unpaired) electrons. The molecule has 0 fully saturated rings. The van der Waals surface area contributed by atoms with E-state index in [1.165, 1.54) is 10.6 Å². The first-order valence-electron chi connectivity index (χ1n) is 4.44. The number of thiophene rings is 1. The first-order valence-corrected chi connectivity index (χ1v) is 5.32. The van der Waals surface area contributed by atoms with Crippen LogP contribution in [0.4, 0.5) is 5.69 Å². The molecule has 2 aromatic heterocycles. The summed E-state index contributed by atoms with van der Waals surface area (Å²) in [6, 6.07) is 8.25. The molecule has 14 heavy (non-hydrogen) atoms. The quantitative estimate of drug-likeness (QED) is 0.747. The number of hydrogen-bond acceptors (Lipinski definition) is 3. The molecule has 0 amide bonds. The van der Waals surface area contributed by atoms with Crippen LogP contribution in [-0.4, -0.2) is 19.1 Å². The molecule has 0 aliphatic heterocycles. The van der Waals surface area contributed by atoms with E-state index in [0.29, 0.717) is 0 Å². The van der Waals surface area contributed by atoms with Crippen LogP contribution in [0.1, 0.15) is 0 Å². The molecule has 0 spiro atoms. The highest BCUT2D eigenvalue weighted by Crippen LogP contribution is 2.25. The topological polar surface area (TPSA) is 16.1 Å². The number of rotatable bonds is 2. The Kier molecular flexibility index (Phi) is 2.50. The second-order valence-electron chi connectivity index (χ2n) is 3.27. The van der Waals surface area contributed by atoms with Gasteiger partial charge in [0.15, 0.2) is 0 Å². The van der Waals surface area contributed by atoms with E-state index >= 15 is 0 Å². The monoisotopic (exact) mass is 204 g/mol. The molecule has 0 saturated heterocycles. The highest BCUT2D eigenvalue weighted by atomic mass is 32.1. The van der Waals surface area contributed by atoms with Gasteiger partial charge in [0.2, 0.25) is 0 Å². The fourth-order valence-corrected chi connectivity index (χ4v) is 1.95. The molecule has 0 aliphatic rings. The van der Waals surface area contributed by atoms with Crippen LogP contribution in [0, 0.1) is 0 Å². The Morgan fingerprint density at radius 2 is 2.14 bits per heavy atom. The summed E-state index contributed by atoms with van der Waals surface area (Å²) in [5.74, 6) is 0. The molecule has 2 rings (SSSR count). The Balaban J connectivity index is 2.41. The third kappa shape index (κ3) is 1.77. The highest BCUT2D eigenvalue weighted by molar-refractivity contribution is 7.13. The Labute approximate surface area is 87.8 Å². The van der Waals surface area contributed by atoms with Gasteiger partial charge in [-0.1, -0.05) is 6.07 Å². The SMILES string of the molecule is CN(C)c1ccnc(-c2cccs2)c1. The second kappa shape index (κ2) is 3.80. The summed E-state index contributed by atoms with van der Waals surface area (Å²) in [5, 5.41) is 2.07. The summed E-state index contributed by atoms with van der Waals surface area (Å²) in [5.41, 5.74) is 2.23. The van der Waals surface area contributed by atoms with Crippen molar-refractivity contribution in [3.8, 4) is 10.6 Å². The van der Waals surface area contributed by atoms with Crippen LogP contribution in [0.25, 0.3) is 10.6 Å². The van der Waals surface area contributed by atoms with E-state index in [0.717, 1.165) is 5.69 Å². The van der Waals surface area contributed by atoms with Gasteiger partial charge in [-0.2, -0.15) is 0 Å². The van der Waals surface area contributed by atoms with Gasteiger partial charge >= 0.3 is 0 Å². The molecule has 2 heterocycles. The van der Waals surface area contributed by atoms with Gasteiger partial charge in [0.1, 0.15) is 0 Å². The third-order valence-corrected chi connectivity index (χ3v) is 2.93. The van der Waals surface area contributed by atoms with E-state index in [1.54, 1.807) is 11.3 Å². The molecule has 0 aromatic carbocycles. The van der Waals surface area contributed by atoms with Crippen LogP contribution in [0.15, 0.2) is 35.8 Å². The van der Waals surface area contributed by atoms with Gasteiger partial charge in [0.05, 0.1) is 10.6 Å². The Morgan fingerprint density at radius 3 is 2.79 bits per heavy atom. The lowest BCUT2D eigenvalue weighted by atomic mass is 10.2. The first kappa shape index (κ1) is 9.21. The molecule has 2 nitrogen and oxygen atoms in total. The zero-order chi connectivity index (χ0) is 9.97. The van der Waals surface area contributed by atoms with Crippen LogP contribution in [0.5, 0.6) is 0 Å². The van der Waals surface area contributed by atoms with Gasteiger partial charge in [-0.15, -0.1) is 11.3 Å². The third-order valence-electron chi connectivity index (χ3n) is 2.03. The van der Waals surface area contributed by atoms with E-state index in [4.69, 9.17) is 0 Å².